The molecule has 4 heteroatoms. The summed E-state index contributed by atoms with van der Waals surface area (Å²) in [6, 6.07) is 3.38. The van der Waals surface area contributed by atoms with Crippen molar-refractivity contribution in [3.8, 4) is 0 Å². The van der Waals surface area contributed by atoms with Crippen molar-refractivity contribution in [3.63, 3.8) is 0 Å². The van der Waals surface area contributed by atoms with Crippen molar-refractivity contribution >= 4 is 34.6 Å². The molecule has 0 aliphatic rings. The van der Waals surface area contributed by atoms with E-state index in [9.17, 15) is 0 Å². The first kappa shape index (κ1) is 11.5. The molecule has 3 N–H and O–H groups in total. The van der Waals surface area contributed by atoms with Crippen molar-refractivity contribution in [2.75, 3.05) is 17.6 Å². The summed E-state index contributed by atoms with van der Waals surface area (Å²) < 4.78 is 0. The summed E-state index contributed by atoms with van der Waals surface area (Å²) in [5.41, 5.74) is 7.15. The van der Waals surface area contributed by atoms with Gasteiger partial charge in [-0.3, -0.25) is 0 Å². The van der Waals surface area contributed by atoms with Crippen molar-refractivity contribution < 1.29 is 0 Å². The number of nitrogens with one attached hydrogen (secondary N) is 1. The second kappa shape index (κ2) is 5.32. The van der Waals surface area contributed by atoms with Crippen LogP contribution in [0.4, 0.5) is 11.4 Å². The lowest BCUT2D eigenvalue weighted by Gasteiger charge is -2.11. The largest absolute Gasteiger partial charge is 0.397 e. The average Bonchev–Trinajstić information content (AvgIpc) is 2.09. The number of benzene rings is 1. The lowest BCUT2D eigenvalue weighted by molar-refractivity contribution is 0.834. The van der Waals surface area contributed by atoms with Gasteiger partial charge >= 0.3 is 0 Å². The number of hydrogen-bond donors (Lipinski definition) is 2. The summed E-state index contributed by atoms with van der Waals surface area (Å²) >= 11 is 11.8. The number of nitrogen functional groups attached to an aromatic ring is 1. The summed E-state index contributed by atoms with van der Waals surface area (Å²) in [4.78, 5) is 0. The van der Waals surface area contributed by atoms with E-state index in [1.165, 1.54) is 0 Å². The third kappa shape index (κ3) is 2.96. The van der Waals surface area contributed by atoms with Crippen LogP contribution >= 0.6 is 23.2 Å². The van der Waals surface area contributed by atoms with Crippen LogP contribution in [0.15, 0.2) is 12.1 Å². The number of anilines is 2. The molecule has 1 rings (SSSR count). The fourth-order valence-electron chi connectivity index (χ4n) is 1.17. The van der Waals surface area contributed by atoms with Gasteiger partial charge in [-0.1, -0.05) is 36.5 Å². The van der Waals surface area contributed by atoms with Gasteiger partial charge < -0.3 is 11.1 Å². The zero-order chi connectivity index (χ0) is 10.6. The van der Waals surface area contributed by atoms with Crippen molar-refractivity contribution in [2.45, 2.75) is 19.8 Å². The minimum atomic E-state index is 0.563. The topological polar surface area (TPSA) is 38.0 Å². The molecule has 0 aliphatic carbocycles. The first-order chi connectivity index (χ1) is 6.65. The average molecular weight is 233 g/mol. The Labute approximate surface area is 94.4 Å². The Morgan fingerprint density at radius 1 is 1.36 bits per heavy atom. The normalized spacial score (nSPS) is 10.2. The summed E-state index contributed by atoms with van der Waals surface area (Å²) in [5.74, 6) is 0. The standard InChI is InChI=1S/C10H14Cl2N2/c1-2-3-4-14-10-8(12)5-7(11)6-9(10)13/h5-6,14H,2-4,13H2,1H3. The summed E-state index contributed by atoms with van der Waals surface area (Å²) in [5, 5.41) is 4.33. The maximum atomic E-state index is 5.99. The van der Waals surface area contributed by atoms with Gasteiger partial charge in [0.15, 0.2) is 0 Å². The molecule has 0 fully saturated rings. The number of hydrogen-bond acceptors (Lipinski definition) is 2. The highest BCUT2D eigenvalue weighted by Crippen LogP contribution is 2.31. The van der Waals surface area contributed by atoms with Gasteiger partial charge in [-0.05, 0) is 18.6 Å². The highest BCUT2D eigenvalue weighted by Gasteiger charge is 2.05. The van der Waals surface area contributed by atoms with Gasteiger partial charge in [-0.15, -0.1) is 0 Å². The second-order valence-electron chi connectivity index (χ2n) is 3.13. The molecule has 0 amide bonds. The van der Waals surface area contributed by atoms with Crippen LogP contribution in [0, 0.1) is 0 Å². The van der Waals surface area contributed by atoms with Gasteiger partial charge in [-0.2, -0.15) is 0 Å². The molecule has 14 heavy (non-hydrogen) atoms. The van der Waals surface area contributed by atoms with E-state index < -0.39 is 0 Å². The molecular formula is C10H14Cl2N2. The molecule has 2 nitrogen and oxygen atoms in total. The van der Waals surface area contributed by atoms with E-state index in [2.05, 4.69) is 12.2 Å². The molecular weight excluding hydrogens is 219 g/mol. The highest BCUT2D eigenvalue weighted by molar-refractivity contribution is 6.37. The number of nitrogens with two attached hydrogens (primary N) is 1. The monoisotopic (exact) mass is 232 g/mol. The van der Waals surface area contributed by atoms with E-state index in [-0.39, 0.29) is 0 Å². The molecule has 0 spiro atoms. The molecule has 0 bridgehead atoms. The van der Waals surface area contributed by atoms with Crippen LogP contribution in [0.2, 0.25) is 10.0 Å². The third-order valence-corrected chi connectivity index (χ3v) is 2.43. The molecule has 1 aromatic rings. The van der Waals surface area contributed by atoms with E-state index in [1.807, 2.05) is 0 Å². The molecule has 0 aromatic heterocycles. The van der Waals surface area contributed by atoms with Crippen LogP contribution < -0.4 is 11.1 Å². The fourth-order valence-corrected chi connectivity index (χ4v) is 1.75. The van der Waals surface area contributed by atoms with E-state index in [0.29, 0.717) is 15.7 Å². The van der Waals surface area contributed by atoms with Crippen molar-refractivity contribution in [1.29, 1.82) is 0 Å². The Bertz CT molecular complexity index is 290. The summed E-state index contributed by atoms with van der Waals surface area (Å²) in [7, 11) is 0. The predicted octanol–water partition coefficient (Wildman–Crippen LogP) is 3.79. The maximum absolute atomic E-state index is 5.99. The molecule has 0 unspecified atom stereocenters. The first-order valence-electron chi connectivity index (χ1n) is 4.63. The van der Waals surface area contributed by atoms with Gasteiger partial charge in [0.2, 0.25) is 0 Å². The Kier molecular flexibility index (Phi) is 4.36. The van der Waals surface area contributed by atoms with E-state index in [4.69, 9.17) is 28.9 Å². The Balaban J connectivity index is 2.75. The van der Waals surface area contributed by atoms with E-state index >= 15 is 0 Å². The quantitative estimate of drug-likeness (QED) is 0.613. The van der Waals surface area contributed by atoms with Crippen LogP contribution in [0.3, 0.4) is 0 Å². The fraction of sp³-hybridized carbons (Fsp3) is 0.400. The van der Waals surface area contributed by atoms with Crippen LogP contribution in [0.1, 0.15) is 19.8 Å². The van der Waals surface area contributed by atoms with Gasteiger partial charge in [0.1, 0.15) is 0 Å². The molecule has 78 valence electrons. The van der Waals surface area contributed by atoms with Gasteiger partial charge in [0.05, 0.1) is 16.4 Å². The van der Waals surface area contributed by atoms with Gasteiger partial charge in [-0.25, -0.2) is 0 Å². The molecule has 0 heterocycles. The van der Waals surface area contributed by atoms with Crippen molar-refractivity contribution in [2.24, 2.45) is 0 Å². The van der Waals surface area contributed by atoms with Gasteiger partial charge in [0.25, 0.3) is 0 Å². The summed E-state index contributed by atoms with van der Waals surface area (Å²) in [6.07, 6.45) is 2.23. The van der Waals surface area contributed by atoms with Crippen LogP contribution in [-0.4, -0.2) is 6.54 Å². The van der Waals surface area contributed by atoms with Crippen molar-refractivity contribution in [1.82, 2.24) is 0 Å². The SMILES string of the molecule is CCCCNc1c(N)cc(Cl)cc1Cl. The maximum Gasteiger partial charge on any atom is 0.0764 e. The Morgan fingerprint density at radius 2 is 2.07 bits per heavy atom. The lowest BCUT2D eigenvalue weighted by atomic mass is 10.2. The van der Waals surface area contributed by atoms with Crippen LogP contribution in [0.5, 0.6) is 0 Å². The smallest absolute Gasteiger partial charge is 0.0764 e. The number of unbranched alkanes of at least 4 members (excludes halogenated alkanes) is 1. The van der Waals surface area contributed by atoms with E-state index in [0.717, 1.165) is 25.1 Å². The minimum absolute atomic E-state index is 0.563. The molecule has 0 radical (unpaired) electrons. The predicted molar refractivity (Wildman–Crippen MR) is 64.3 cm³/mol. The molecule has 0 saturated heterocycles. The molecule has 0 saturated carbocycles. The zero-order valence-corrected chi connectivity index (χ0v) is 9.62. The van der Waals surface area contributed by atoms with Gasteiger partial charge in [0, 0.05) is 11.6 Å². The van der Waals surface area contributed by atoms with E-state index in [1.54, 1.807) is 12.1 Å². The van der Waals surface area contributed by atoms with Crippen molar-refractivity contribution in [3.05, 3.63) is 22.2 Å². The Hall–Kier alpha value is -0.600. The Morgan fingerprint density at radius 3 is 2.64 bits per heavy atom. The highest BCUT2D eigenvalue weighted by atomic mass is 35.5. The zero-order valence-electron chi connectivity index (χ0n) is 8.11. The number of halogens is 2. The molecule has 0 atom stereocenters. The van der Waals surface area contributed by atoms with Crippen LogP contribution in [0.25, 0.3) is 0 Å². The summed E-state index contributed by atoms with van der Waals surface area (Å²) in [6.45, 7) is 3.01. The van der Waals surface area contributed by atoms with Crippen LogP contribution in [-0.2, 0) is 0 Å². The lowest BCUT2D eigenvalue weighted by Crippen LogP contribution is -2.04. The minimum Gasteiger partial charge on any atom is -0.397 e. The molecule has 1 aromatic carbocycles. The third-order valence-electron chi connectivity index (χ3n) is 1.92. The number of rotatable bonds is 4. The first-order valence-corrected chi connectivity index (χ1v) is 5.39. The second-order valence-corrected chi connectivity index (χ2v) is 3.98. The molecule has 0 aliphatic heterocycles.